The van der Waals surface area contributed by atoms with E-state index in [4.69, 9.17) is 0 Å². The van der Waals surface area contributed by atoms with Gasteiger partial charge >= 0.3 is 0 Å². The van der Waals surface area contributed by atoms with Gasteiger partial charge in [0.15, 0.2) is 15.5 Å². The van der Waals surface area contributed by atoms with Crippen LogP contribution in [0, 0.1) is 13.8 Å². The number of carbonyl (C=O) groups excluding carboxylic acids is 1. The Labute approximate surface area is 158 Å². The van der Waals surface area contributed by atoms with Crippen molar-refractivity contribution in [3.8, 4) is 5.69 Å². The topological polar surface area (TPSA) is 93.9 Å². The Kier molecular flexibility index (Phi) is 5.36. The molecule has 0 saturated heterocycles. The Morgan fingerprint density at radius 1 is 1.04 bits per heavy atom. The zero-order valence-corrected chi connectivity index (χ0v) is 15.9. The summed E-state index contributed by atoms with van der Waals surface area (Å²) >= 11 is 0. The lowest BCUT2D eigenvalue weighted by Crippen LogP contribution is -2.30. The summed E-state index contributed by atoms with van der Waals surface area (Å²) < 4.78 is 26.1. The van der Waals surface area contributed by atoms with E-state index >= 15 is 0 Å². The van der Waals surface area contributed by atoms with Crippen molar-refractivity contribution in [2.45, 2.75) is 18.7 Å². The van der Waals surface area contributed by atoms with Crippen LogP contribution in [0.1, 0.15) is 21.7 Å². The Morgan fingerprint density at radius 3 is 2.37 bits per heavy atom. The number of hydrogen-bond donors (Lipinski definition) is 1. The molecule has 1 amide bonds. The standard InChI is InChI=1S/C19H20N4O3S/c1-14-8-10-16(11-9-14)23-15(2)18(21-22-23)19(24)20-12-13-27(25,26)17-6-4-3-5-7-17/h3-11H,12-13H2,1-2H3,(H,20,24). The third kappa shape index (κ3) is 4.22. The van der Waals surface area contributed by atoms with Gasteiger partial charge in [0.1, 0.15) is 0 Å². The molecule has 7 nitrogen and oxygen atoms in total. The van der Waals surface area contributed by atoms with Crippen LogP contribution in [0.5, 0.6) is 0 Å². The van der Waals surface area contributed by atoms with Gasteiger partial charge in [-0.15, -0.1) is 5.10 Å². The molecule has 3 aromatic rings. The number of rotatable bonds is 6. The fourth-order valence-corrected chi connectivity index (χ4v) is 3.78. The highest BCUT2D eigenvalue weighted by molar-refractivity contribution is 7.91. The minimum atomic E-state index is -3.45. The van der Waals surface area contributed by atoms with E-state index in [2.05, 4.69) is 15.6 Å². The lowest BCUT2D eigenvalue weighted by atomic mass is 10.2. The number of aryl methyl sites for hydroxylation is 1. The molecule has 140 valence electrons. The molecular formula is C19H20N4O3S. The molecule has 0 aliphatic rings. The first-order chi connectivity index (χ1) is 12.9. The van der Waals surface area contributed by atoms with Gasteiger partial charge in [-0.3, -0.25) is 4.79 Å². The second-order valence-electron chi connectivity index (χ2n) is 6.16. The van der Waals surface area contributed by atoms with E-state index in [1.807, 2.05) is 31.2 Å². The molecule has 8 heteroatoms. The molecule has 1 aromatic heterocycles. The van der Waals surface area contributed by atoms with Gasteiger partial charge in [-0.1, -0.05) is 41.1 Å². The Hall–Kier alpha value is -3.00. The highest BCUT2D eigenvalue weighted by Gasteiger charge is 2.19. The predicted octanol–water partition coefficient (Wildman–Crippen LogP) is 2.09. The molecule has 0 fully saturated rings. The molecule has 0 bridgehead atoms. The van der Waals surface area contributed by atoms with E-state index in [0.717, 1.165) is 11.3 Å². The number of sulfone groups is 1. The summed E-state index contributed by atoms with van der Waals surface area (Å²) in [6.07, 6.45) is 0. The fraction of sp³-hybridized carbons (Fsp3) is 0.211. The van der Waals surface area contributed by atoms with Crippen molar-refractivity contribution in [2.75, 3.05) is 12.3 Å². The van der Waals surface area contributed by atoms with Gasteiger partial charge < -0.3 is 5.32 Å². The second-order valence-corrected chi connectivity index (χ2v) is 8.27. The van der Waals surface area contributed by atoms with Crippen LogP contribution in [0.2, 0.25) is 0 Å². The van der Waals surface area contributed by atoms with Gasteiger partial charge in [-0.2, -0.15) is 0 Å². The van der Waals surface area contributed by atoms with E-state index in [-0.39, 0.29) is 22.9 Å². The van der Waals surface area contributed by atoms with Crippen molar-refractivity contribution in [3.05, 3.63) is 71.5 Å². The van der Waals surface area contributed by atoms with E-state index in [9.17, 15) is 13.2 Å². The largest absolute Gasteiger partial charge is 0.350 e. The van der Waals surface area contributed by atoms with Gasteiger partial charge in [0, 0.05) is 6.54 Å². The minimum absolute atomic E-state index is 0.00705. The van der Waals surface area contributed by atoms with Crippen molar-refractivity contribution in [2.24, 2.45) is 0 Å². The van der Waals surface area contributed by atoms with Gasteiger partial charge in [-0.05, 0) is 38.1 Å². The van der Waals surface area contributed by atoms with Crippen LogP contribution in [0.4, 0.5) is 0 Å². The summed E-state index contributed by atoms with van der Waals surface area (Å²) in [6.45, 7) is 3.72. The number of carbonyl (C=O) groups is 1. The lowest BCUT2D eigenvalue weighted by Gasteiger charge is -2.06. The third-order valence-corrected chi connectivity index (χ3v) is 5.88. The monoisotopic (exact) mass is 384 g/mol. The van der Waals surface area contributed by atoms with E-state index in [0.29, 0.717) is 5.69 Å². The molecule has 0 spiro atoms. The van der Waals surface area contributed by atoms with Crippen LogP contribution < -0.4 is 5.32 Å². The molecule has 1 heterocycles. The quantitative estimate of drug-likeness (QED) is 0.702. The molecular weight excluding hydrogens is 364 g/mol. The van der Waals surface area contributed by atoms with Crippen LogP contribution in [0.25, 0.3) is 5.69 Å². The fourth-order valence-electron chi connectivity index (χ4n) is 2.60. The maximum atomic E-state index is 12.4. The number of nitrogens with zero attached hydrogens (tertiary/aromatic N) is 3. The number of aromatic nitrogens is 3. The molecule has 0 aliphatic carbocycles. The average molecular weight is 384 g/mol. The van der Waals surface area contributed by atoms with Gasteiger partial charge in [0.2, 0.25) is 0 Å². The summed E-state index contributed by atoms with van der Waals surface area (Å²) in [5, 5.41) is 10.6. The molecule has 27 heavy (non-hydrogen) atoms. The molecule has 2 aromatic carbocycles. The normalized spacial score (nSPS) is 11.3. The Morgan fingerprint density at radius 2 is 1.70 bits per heavy atom. The second kappa shape index (κ2) is 7.71. The molecule has 0 saturated carbocycles. The predicted molar refractivity (Wildman–Crippen MR) is 102 cm³/mol. The molecule has 0 aliphatic heterocycles. The number of amides is 1. The van der Waals surface area contributed by atoms with Gasteiger partial charge in [0.05, 0.1) is 22.0 Å². The van der Waals surface area contributed by atoms with Crippen molar-refractivity contribution < 1.29 is 13.2 Å². The Bertz CT molecular complexity index is 1040. The van der Waals surface area contributed by atoms with Crippen molar-refractivity contribution >= 4 is 15.7 Å². The van der Waals surface area contributed by atoms with Crippen LogP contribution in [0.15, 0.2) is 59.5 Å². The summed E-state index contributed by atoms with van der Waals surface area (Å²) in [7, 11) is -3.45. The summed E-state index contributed by atoms with van der Waals surface area (Å²) in [6, 6.07) is 15.8. The Balaban J connectivity index is 1.66. The number of hydrogen-bond acceptors (Lipinski definition) is 5. The zero-order chi connectivity index (χ0) is 19.4. The summed E-state index contributed by atoms with van der Waals surface area (Å²) in [4.78, 5) is 12.6. The maximum Gasteiger partial charge on any atom is 0.273 e. The maximum absolute atomic E-state index is 12.4. The number of benzene rings is 2. The van der Waals surface area contributed by atoms with Crippen molar-refractivity contribution in [1.29, 1.82) is 0 Å². The molecule has 0 atom stereocenters. The lowest BCUT2D eigenvalue weighted by molar-refractivity contribution is 0.0950. The van der Waals surface area contributed by atoms with Crippen molar-refractivity contribution in [1.82, 2.24) is 20.3 Å². The molecule has 0 unspecified atom stereocenters. The SMILES string of the molecule is Cc1ccc(-n2nnc(C(=O)NCCS(=O)(=O)c3ccccc3)c2C)cc1. The molecule has 3 rings (SSSR count). The van der Waals surface area contributed by atoms with Gasteiger partial charge in [-0.25, -0.2) is 13.1 Å². The van der Waals surface area contributed by atoms with Crippen LogP contribution in [-0.4, -0.2) is 41.6 Å². The van der Waals surface area contributed by atoms with Crippen LogP contribution >= 0.6 is 0 Å². The smallest absolute Gasteiger partial charge is 0.273 e. The first-order valence-electron chi connectivity index (χ1n) is 8.44. The minimum Gasteiger partial charge on any atom is -0.350 e. The highest BCUT2D eigenvalue weighted by Crippen LogP contribution is 2.13. The molecule has 0 radical (unpaired) electrons. The van der Waals surface area contributed by atoms with E-state index in [1.54, 1.807) is 29.8 Å². The highest BCUT2D eigenvalue weighted by atomic mass is 32.2. The first-order valence-corrected chi connectivity index (χ1v) is 10.1. The third-order valence-electron chi connectivity index (χ3n) is 4.15. The van der Waals surface area contributed by atoms with Crippen molar-refractivity contribution in [3.63, 3.8) is 0 Å². The van der Waals surface area contributed by atoms with Gasteiger partial charge in [0.25, 0.3) is 5.91 Å². The summed E-state index contributed by atoms with van der Waals surface area (Å²) in [5.41, 5.74) is 2.68. The van der Waals surface area contributed by atoms with E-state index < -0.39 is 15.7 Å². The average Bonchev–Trinajstić information content (AvgIpc) is 3.04. The van der Waals surface area contributed by atoms with Crippen LogP contribution in [0.3, 0.4) is 0 Å². The molecule has 1 N–H and O–H groups in total. The van der Waals surface area contributed by atoms with Crippen LogP contribution in [-0.2, 0) is 9.84 Å². The summed E-state index contributed by atoms with van der Waals surface area (Å²) in [5.74, 6) is -0.636. The van der Waals surface area contributed by atoms with E-state index in [1.165, 1.54) is 12.1 Å². The first kappa shape index (κ1) is 18.8. The zero-order valence-electron chi connectivity index (χ0n) is 15.1. The number of nitrogens with one attached hydrogen (secondary N) is 1.